The highest BCUT2D eigenvalue weighted by molar-refractivity contribution is 5.99. The van der Waals surface area contributed by atoms with E-state index in [2.05, 4.69) is 53.2 Å². The summed E-state index contributed by atoms with van der Waals surface area (Å²) in [4.78, 5) is 192. The van der Waals surface area contributed by atoms with Crippen LogP contribution in [0.5, 0.6) is 0 Å². The number of rotatable bonds is 41. The number of carbonyl (C=O) groups excluding carboxylic acids is 10. The van der Waals surface area contributed by atoms with Gasteiger partial charge in [0, 0.05) is 25.9 Å². The maximum atomic E-state index is 14.0. The lowest BCUT2D eigenvalue weighted by Gasteiger charge is -2.27. The Hall–Kier alpha value is -8.07. The molecule has 10 atom stereocenters. The van der Waals surface area contributed by atoms with Crippen LogP contribution in [0.3, 0.4) is 0 Å². The number of nitrogens with one attached hydrogen (secondary N) is 10. The molecule has 2 saturated heterocycles. The molecule has 0 aliphatic carbocycles. The summed E-state index contributed by atoms with van der Waals surface area (Å²) in [5.41, 5.74) is 11.1. The lowest BCUT2D eigenvalue weighted by atomic mass is 10.0. The molecule has 2 rings (SSSR count). The van der Waals surface area contributed by atoms with E-state index in [-0.39, 0.29) is 90.1 Å². The summed E-state index contributed by atoms with van der Waals surface area (Å²) in [6, 6.07) is -15.9. The molecule has 2 fully saturated rings. The van der Waals surface area contributed by atoms with Crippen LogP contribution in [0, 0.1) is 0 Å². The predicted molar refractivity (Wildman–Crippen MR) is 275 cm³/mol. The zero-order valence-electron chi connectivity index (χ0n) is 44.5. The molecule has 454 valence electrons. The van der Waals surface area contributed by atoms with Gasteiger partial charge in [-0.1, -0.05) is 12.8 Å². The molecule has 2 unspecified atom stereocenters. The summed E-state index contributed by atoms with van der Waals surface area (Å²) >= 11 is 0. The Bertz CT molecular complexity index is 2270. The summed E-state index contributed by atoms with van der Waals surface area (Å²) in [6.45, 7) is -0.111. The predicted octanol–water partition coefficient (Wildman–Crippen LogP) is -6.00. The van der Waals surface area contributed by atoms with Crippen LogP contribution in [0.1, 0.15) is 128 Å². The van der Waals surface area contributed by atoms with Gasteiger partial charge in [-0.25, -0.2) is 9.59 Å². The van der Waals surface area contributed by atoms with Crippen LogP contribution in [0.15, 0.2) is 0 Å². The van der Waals surface area contributed by atoms with Crippen molar-refractivity contribution in [2.75, 3.05) is 19.7 Å². The number of hydrogen-bond donors (Lipinski definition) is 18. The quantitative estimate of drug-likeness (QED) is 0.0253. The van der Waals surface area contributed by atoms with Crippen molar-refractivity contribution in [1.29, 1.82) is 0 Å². The molecule has 0 spiro atoms. The Morgan fingerprint density at radius 1 is 0.407 bits per heavy atom. The Kier molecular flexibility index (Phi) is 30.9. The first kappa shape index (κ1) is 69.0. The smallest absolute Gasteiger partial charge is 0.326 e. The second-order valence-electron chi connectivity index (χ2n) is 19.3. The van der Waals surface area contributed by atoms with E-state index in [4.69, 9.17) is 11.5 Å². The molecule has 20 N–H and O–H groups in total. The summed E-state index contributed by atoms with van der Waals surface area (Å²) < 4.78 is 0. The van der Waals surface area contributed by atoms with Crippen LogP contribution >= 0.6 is 0 Å². The topological polar surface area (TPSA) is 550 Å². The van der Waals surface area contributed by atoms with E-state index in [1.165, 1.54) is 0 Å². The molecule has 0 bridgehead atoms. The van der Waals surface area contributed by atoms with Gasteiger partial charge in [0.25, 0.3) is 0 Å². The lowest BCUT2D eigenvalue weighted by molar-refractivity contribution is -0.143. The molecule has 0 aromatic rings. The van der Waals surface area contributed by atoms with E-state index in [9.17, 15) is 103 Å². The SMILES string of the molecule is NCCCC[C@H](NC(=O)C(CCCCC(NC(=O)[C@H](CC(=O)O)NC(=O)[C@H](CCC(=O)O)NC(=O)[C@@H]1CCC(=O)N1)C(=O)N[C@@H](CCCCN)C(=O)O)NC(=O)[C@H](CC(=O)O)NC(=O)[C@H](CCCO)NC(=O)[C@@H]1CCC(=O)N1)C(=O)O. The molecule has 0 aromatic carbocycles. The third kappa shape index (κ3) is 26.2. The third-order valence-electron chi connectivity index (χ3n) is 12.8. The van der Waals surface area contributed by atoms with Crippen LogP contribution in [0.25, 0.3) is 0 Å². The standard InChI is InChI=1S/C48H76N12O21/c49-19-5-3-10-30(47(78)79)57-39(70)24(54-45(76)32(22-37(66)67)59-41(72)26(12-7-21-61)53-42(73)27-13-16-34(62)51-27)8-1-2-9-25(40(71)58-31(48(80)81)11-4-6-20-50)55-46(77)33(23-38(68)69)60-44(75)29(15-18-36(64)65)56-43(74)28-14-17-35(63)52-28/h24-33,61H,1-23,49-50H2,(H,51,62)(H,52,63)(H,53,73)(H,54,76)(H,55,77)(H,56,74)(H,57,70)(H,58,71)(H,59,72)(H,60,75)(H,64,65)(H,66,67)(H,68,69)(H,78,79)(H,80,81)/t24?,25?,26-,27-,28-,29-,30-,31-,32-,33-/m0/s1. The Morgan fingerprint density at radius 3 is 1.01 bits per heavy atom. The van der Waals surface area contributed by atoms with Crippen molar-refractivity contribution >= 4 is 88.9 Å². The summed E-state index contributed by atoms with van der Waals surface area (Å²) in [5, 5.41) is 81.2. The van der Waals surface area contributed by atoms with Gasteiger partial charge in [-0.3, -0.25) is 62.3 Å². The summed E-state index contributed by atoms with van der Waals surface area (Å²) in [6.07, 6.45) is -4.25. The molecule has 0 radical (unpaired) electrons. The molecular weight excluding hydrogens is 1080 g/mol. The number of hydrogen-bond acceptors (Lipinski definition) is 18. The van der Waals surface area contributed by atoms with E-state index in [0.29, 0.717) is 12.8 Å². The zero-order valence-corrected chi connectivity index (χ0v) is 44.5. The number of aliphatic hydroxyl groups excluding tert-OH is 1. The van der Waals surface area contributed by atoms with Crippen molar-refractivity contribution in [2.45, 2.75) is 189 Å². The molecule has 2 aliphatic heterocycles. The largest absolute Gasteiger partial charge is 0.481 e. The van der Waals surface area contributed by atoms with Gasteiger partial charge in [0.15, 0.2) is 0 Å². The first-order valence-corrected chi connectivity index (χ1v) is 26.4. The molecule has 10 amide bonds. The fraction of sp³-hybridized carbons (Fsp3) is 0.688. The van der Waals surface area contributed by atoms with Crippen molar-refractivity contribution in [3.8, 4) is 0 Å². The highest BCUT2D eigenvalue weighted by Crippen LogP contribution is 2.14. The number of carboxylic acid groups (broad SMARTS) is 5. The first-order chi connectivity index (χ1) is 38.3. The number of nitrogens with two attached hydrogens (primary N) is 2. The van der Waals surface area contributed by atoms with Crippen molar-refractivity contribution in [3.63, 3.8) is 0 Å². The van der Waals surface area contributed by atoms with E-state index in [0.717, 1.165) is 0 Å². The minimum atomic E-state index is -2.05. The number of unbranched alkanes of at least 4 members (excludes halogenated alkanes) is 3. The van der Waals surface area contributed by atoms with Crippen LogP contribution in [0.4, 0.5) is 0 Å². The van der Waals surface area contributed by atoms with Crippen LogP contribution in [-0.4, -0.2) is 200 Å². The second-order valence-corrected chi connectivity index (χ2v) is 19.3. The van der Waals surface area contributed by atoms with Gasteiger partial charge in [0.1, 0.15) is 60.4 Å². The highest BCUT2D eigenvalue weighted by atomic mass is 16.4. The third-order valence-corrected chi connectivity index (χ3v) is 12.8. The van der Waals surface area contributed by atoms with Crippen molar-refractivity contribution in [2.24, 2.45) is 11.5 Å². The lowest BCUT2D eigenvalue weighted by Crippen LogP contribution is -2.59. The number of carbonyl (C=O) groups is 15. The van der Waals surface area contributed by atoms with Crippen LogP contribution in [0.2, 0.25) is 0 Å². The van der Waals surface area contributed by atoms with Gasteiger partial charge in [0.2, 0.25) is 59.1 Å². The van der Waals surface area contributed by atoms with E-state index < -0.39 is 194 Å². The average Bonchev–Trinajstić information content (AvgIpc) is 4.07. The number of aliphatic carboxylic acids is 5. The zero-order chi connectivity index (χ0) is 60.8. The van der Waals surface area contributed by atoms with Crippen molar-refractivity contribution in [3.05, 3.63) is 0 Å². The monoisotopic (exact) mass is 1160 g/mol. The van der Waals surface area contributed by atoms with E-state index >= 15 is 0 Å². The first-order valence-electron chi connectivity index (χ1n) is 26.4. The van der Waals surface area contributed by atoms with Gasteiger partial charge in [0.05, 0.1) is 12.8 Å². The fourth-order valence-electron chi connectivity index (χ4n) is 8.40. The van der Waals surface area contributed by atoms with Crippen LogP contribution < -0.4 is 64.6 Å². The van der Waals surface area contributed by atoms with Crippen LogP contribution in [-0.2, 0) is 71.9 Å². The van der Waals surface area contributed by atoms with E-state index in [1.54, 1.807) is 0 Å². The fourth-order valence-corrected chi connectivity index (χ4v) is 8.40. The van der Waals surface area contributed by atoms with Crippen molar-refractivity contribution < 1.29 is 103 Å². The molecular formula is C48H76N12O21. The van der Waals surface area contributed by atoms with E-state index in [1.807, 2.05) is 0 Å². The van der Waals surface area contributed by atoms with Gasteiger partial charge in [-0.2, -0.15) is 0 Å². The Labute approximate surface area is 463 Å². The molecule has 81 heavy (non-hydrogen) atoms. The van der Waals surface area contributed by atoms with Crippen molar-refractivity contribution in [1.82, 2.24) is 53.2 Å². The average molecular weight is 1160 g/mol. The highest BCUT2D eigenvalue weighted by Gasteiger charge is 2.37. The molecule has 33 heteroatoms. The Balaban J connectivity index is 2.51. The second kappa shape index (κ2) is 36.2. The minimum Gasteiger partial charge on any atom is -0.481 e. The maximum absolute atomic E-state index is 14.0. The summed E-state index contributed by atoms with van der Waals surface area (Å²) in [7, 11) is 0. The molecule has 33 nitrogen and oxygen atoms in total. The number of amides is 10. The maximum Gasteiger partial charge on any atom is 0.326 e. The van der Waals surface area contributed by atoms with Gasteiger partial charge >= 0.3 is 29.8 Å². The molecule has 0 aromatic heterocycles. The van der Waals surface area contributed by atoms with Gasteiger partial charge in [-0.15, -0.1) is 0 Å². The molecule has 2 heterocycles. The van der Waals surface area contributed by atoms with Gasteiger partial charge in [-0.05, 0) is 96.6 Å². The number of carboxylic acids is 5. The number of aliphatic hydroxyl groups is 1. The minimum absolute atomic E-state index is 0.0176. The van der Waals surface area contributed by atoms with Gasteiger partial charge < -0.3 is 95.3 Å². The normalized spacial score (nSPS) is 17.6. The summed E-state index contributed by atoms with van der Waals surface area (Å²) in [5.74, 6) is -17.5. The molecule has 2 aliphatic rings. The Morgan fingerprint density at radius 2 is 0.704 bits per heavy atom. The molecule has 0 saturated carbocycles.